The standard InChI is InChI=1S/C30H27ClN6O2.C2HF3O2/c31-25-17-32-30-34-23-8-4-5-19(15-23)9-10-21-16-24(33-27(25)36-30)11-12-26(21)35-28(38)22-13-14-37(18-22)29(39)20-6-2-1-3-7-20;3-2(4,5)1(6)7/h1-8,11-12,15-17,22H,9-10,13-14,18H2,(H,35,38)(H2,32,33,34,36);(H,6,7)/t22-;/m1./s1. The fourth-order valence-electron chi connectivity index (χ4n) is 5.02. The first kappa shape index (κ1) is 32.2. The number of hydrogen-bond donors (Lipinski definition) is 4. The lowest BCUT2D eigenvalue weighted by molar-refractivity contribution is -0.192. The largest absolute Gasteiger partial charge is 0.490 e. The van der Waals surface area contributed by atoms with Crippen LogP contribution in [0.3, 0.4) is 0 Å². The van der Waals surface area contributed by atoms with Gasteiger partial charge in [0, 0.05) is 35.7 Å². The number of nitrogens with one attached hydrogen (secondary N) is 3. The Bertz CT molecular complexity index is 1760. The summed E-state index contributed by atoms with van der Waals surface area (Å²) in [6.07, 6.45) is -1.39. The van der Waals surface area contributed by atoms with Crippen LogP contribution in [0.5, 0.6) is 0 Å². The molecule has 3 heterocycles. The first-order valence-electron chi connectivity index (χ1n) is 14.2. The Labute approximate surface area is 266 Å². The van der Waals surface area contributed by atoms with Crippen molar-refractivity contribution in [2.75, 3.05) is 29.0 Å². The van der Waals surface area contributed by atoms with Gasteiger partial charge in [0.15, 0.2) is 5.82 Å². The smallest absolute Gasteiger partial charge is 0.475 e. The highest BCUT2D eigenvalue weighted by Crippen LogP contribution is 2.30. The number of nitrogens with zero attached hydrogens (tertiary/aromatic N) is 3. The number of carboxylic acids is 1. The minimum Gasteiger partial charge on any atom is -0.475 e. The molecule has 0 saturated carbocycles. The highest BCUT2D eigenvalue weighted by molar-refractivity contribution is 6.32. The minimum absolute atomic E-state index is 0.0392. The summed E-state index contributed by atoms with van der Waals surface area (Å²) in [5.41, 5.74) is 5.23. The number of fused-ring (bicyclic) bond motifs is 6. The molecule has 4 aromatic rings. The molecule has 3 aromatic carbocycles. The lowest BCUT2D eigenvalue weighted by atomic mass is 10.0. The normalized spacial score (nSPS) is 15.4. The van der Waals surface area contributed by atoms with E-state index in [2.05, 4.69) is 38.1 Å². The highest BCUT2D eigenvalue weighted by Gasteiger charge is 2.38. The lowest BCUT2D eigenvalue weighted by Gasteiger charge is -2.18. The summed E-state index contributed by atoms with van der Waals surface area (Å²) in [5.74, 6) is -2.21. The van der Waals surface area contributed by atoms with E-state index < -0.39 is 12.1 Å². The second kappa shape index (κ2) is 13.9. The van der Waals surface area contributed by atoms with Crippen LogP contribution in [0.4, 0.5) is 42.0 Å². The van der Waals surface area contributed by atoms with Crippen molar-refractivity contribution < 1.29 is 32.7 Å². The molecule has 4 N–H and O–H groups in total. The van der Waals surface area contributed by atoms with E-state index in [-0.39, 0.29) is 17.7 Å². The highest BCUT2D eigenvalue weighted by atomic mass is 35.5. The number of anilines is 5. The van der Waals surface area contributed by atoms with Gasteiger partial charge in [-0.2, -0.15) is 18.2 Å². The van der Waals surface area contributed by atoms with Crippen molar-refractivity contribution in [2.24, 2.45) is 5.92 Å². The molecule has 1 saturated heterocycles. The minimum atomic E-state index is -5.08. The molecule has 0 aliphatic carbocycles. The Morgan fingerprint density at radius 2 is 1.70 bits per heavy atom. The van der Waals surface area contributed by atoms with Crippen molar-refractivity contribution in [1.82, 2.24) is 14.9 Å². The van der Waals surface area contributed by atoms with Crippen LogP contribution in [0.15, 0.2) is 79.0 Å². The number of amides is 2. The topological polar surface area (TPSA) is 137 Å². The molecule has 0 unspecified atom stereocenters. The average Bonchev–Trinajstić information content (AvgIpc) is 3.53. The van der Waals surface area contributed by atoms with Crippen LogP contribution in [0.1, 0.15) is 27.9 Å². The number of rotatable bonds is 3. The third kappa shape index (κ3) is 8.10. The number of aliphatic carboxylic acids is 1. The fourth-order valence-corrected chi connectivity index (χ4v) is 5.16. The first-order chi connectivity index (χ1) is 22.0. The van der Waals surface area contributed by atoms with Crippen LogP contribution in [-0.4, -0.2) is 57.0 Å². The number of hydrogen-bond acceptors (Lipinski definition) is 7. The number of carbonyl (C=O) groups is 3. The molecule has 10 nitrogen and oxygen atoms in total. The molecular formula is C32H28ClF3N6O4. The predicted molar refractivity (Wildman–Crippen MR) is 167 cm³/mol. The number of likely N-dealkylation sites (tertiary alicyclic amines) is 1. The molecule has 6 rings (SSSR count). The first-order valence-corrected chi connectivity index (χ1v) is 14.6. The van der Waals surface area contributed by atoms with Gasteiger partial charge in [-0.15, -0.1) is 0 Å². The monoisotopic (exact) mass is 652 g/mol. The Kier molecular flexibility index (Phi) is 9.71. The van der Waals surface area contributed by atoms with Crippen LogP contribution in [0.25, 0.3) is 0 Å². The number of carbonyl (C=O) groups excluding carboxylic acids is 2. The summed E-state index contributed by atoms with van der Waals surface area (Å²) >= 11 is 6.38. The van der Waals surface area contributed by atoms with E-state index in [1.54, 1.807) is 23.2 Å². The van der Waals surface area contributed by atoms with Gasteiger partial charge in [0.05, 0.1) is 12.1 Å². The predicted octanol–water partition coefficient (Wildman–Crippen LogP) is 6.45. The number of halogens is 4. The molecule has 1 aromatic heterocycles. The van der Waals surface area contributed by atoms with Gasteiger partial charge in [0.2, 0.25) is 11.9 Å². The maximum atomic E-state index is 13.3. The number of benzene rings is 3. The van der Waals surface area contributed by atoms with Crippen molar-refractivity contribution >= 4 is 58.2 Å². The van der Waals surface area contributed by atoms with Gasteiger partial charge in [0.25, 0.3) is 5.91 Å². The summed E-state index contributed by atoms with van der Waals surface area (Å²) < 4.78 is 31.7. The molecule has 6 bridgehead atoms. The summed E-state index contributed by atoms with van der Waals surface area (Å²) in [4.78, 5) is 45.7. The zero-order chi connectivity index (χ0) is 32.8. The molecule has 14 heteroatoms. The van der Waals surface area contributed by atoms with Gasteiger partial charge in [-0.05, 0) is 72.9 Å². The third-order valence-corrected chi connectivity index (χ3v) is 7.62. The van der Waals surface area contributed by atoms with E-state index in [1.165, 1.54) is 0 Å². The Morgan fingerprint density at radius 3 is 2.43 bits per heavy atom. The molecule has 1 atom stereocenters. The number of aromatic nitrogens is 2. The van der Waals surface area contributed by atoms with Gasteiger partial charge >= 0.3 is 12.1 Å². The molecule has 0 radical (unpaired) electrons. The van der Waals surface area contributed by atoms with Crippen molar-refractivity contribution in [3.05, 3.63) is 101 Å². The van der Waals surface area contributed by atoms with Crippen molar-refractivity contribution in [3.63, 3.8) is 0 Å². The van der Waals surface area contributed by atoms with Crippen molar-refractivity contribution in [1.29, 1.82) is 0 Å². The molecular weight excluding hydrogens is 625 g/mol. The summed E-state index contributed by atoms with van der Waals surface area (Å²) in [5, 5.41) is 17.2. The summed E-state index contributed by atoms with van der Waals surface area (Å²) in [6.45, 7) is 0.969. The molecule has 46 heavy (non-hydrogen) atoms. The van der Waals surface area contributed by atoms with Crippen LogP contribution in [0, 0.1) is 5.92 Å². The molecule has 238 valence electrons. The molecule has 2 amide bonds. The van der Waals surface area contributed by atoms with E-state index in [1.807, 2.05) is 48.5 Å². The van der Waals surface area contributed by atoms with Crippen molar-refractivity contribution in [3.8, 4) is 0 Å². The van der Waals surface area contributed by atoms with Gasteiger partial charge in [-0.1, -0.05) is 41.9 Å². The lowest BCUT2D eigenvalue weighted by Crippen LogP contribution is -2.31. The zero-order valence-corrected chi connectivity index (χ0v) is 24.9. The van der Waals surface area contributed by atoms with E-state index in [9.17, 15) is 22.8 Å². The average molecular weight is 653 g/mol. The van der Waals surface area contributed by atoms with E-state index >= 15 is 0 Å². The third-order valence-electron chi connectivity index (χ3n) is 7.35. The number of carboxylic acid groups (broad SMARTS) is 1. The summed E-state index contributed by atoms with van der Waals surface area (Å²) in [7, 11) is 0. The van der Waals surface area contributed by atoms with Gasteiger partial charge in [-0.25, -0.2) is 9.78 Å². The fraction of sp³-hybridized carbons (Fsp3) is 0.219. The van der Waals surface area contributed by atoms with Crippen LogP contribution in [0.2, 0.25) is 5.02 Å². The second-order valence-corrected chi connectivity index (χ2v) is 11.0. The van der Waals surface area contributed by atoms with Crippen molar-refractivity contribution in [2.45, 2.75) is 25.4 Å². The Balaban J connectivity index is 0.000000537. The van der Waals surface area contributed by atoms with Crippen LogP contribution >= 0.6 is 11.6 Å². The van der Waals surface area contributed by atoms with Crippen LogP contribution in [-0.2, 0) is 22.4 Å². The van der Waals surface area contributed by atoms with Gasteiger partial charge < -0.3 is 26.0 Å². The number of aryl methyl sites for hydroxylation is 2. The molecule has 2 aliphatic heterocycles. The SMILES string of the molecule is O=C(Nc1ccc2cc1CCc1cccc(c1)Nc1ncc(Cl)c(n1)N2)[C@@H]1CCN(C(=O)c2ccccc2)C1.O=C(O)C(F)(F)F. The summed E-state index contributed by atoms with van der Waals surface area (Å²) in [6, 6.07) is 23.1. The maximum absolute atomic E-state index is 13.3. The molecule has 0 spiro atoms. The molecule has 2 aliphatic rings. The molecule has 1 fully saturated rings. The maximum Gasteiger partial charge on any atom is 0.490 e. The zero-order valence-electron chi connectivity index (χ0n) is 24.1. The Hall–Kier alpha value is -5.17. The van der Waals surface area contributed by atoms with E-state index in [4.69, 9.17) is 21.5 Å². The van der Waals surface area contributed by atoms with Crippen LogP contribution < -0.4 is 16.0 Å². The van der Waals surface area contributed by atoms with E-state index in [0.29, 0.717) is 41.9 Å². The Morgan fingerprint density at radius 1 is 0.957 bits per heavy atom. The van der Waals surface area contributed by atoms with E-state index in [0.717, 1.165) is 41.0 Å². The van der Waals surface area contributed by atoms with Gasteiger partial charge in [0.1, 0.15) is 5.02 Å². The quantitative estimate of drug-likeness (QED) is 0.198. The second-order valence-electron chi connectivity index (χ2n) is 10.6. The number of alkyl halides is 3. The van der Waals surface area contributed by atoms with Gasteiger partial charge in [-0.3, -0.25) is 9.59 Å².